The molecule has 6 N–H and O–H groups in total. The van der Waals surface area contributed by atoms with Gasteiger partial charge in [-0.3, -0.25) is 0 Å². The Bertz CT molecular complexity index is 1200. The van der Waals surface area contributed by atoms with Gasteiger partial charge in [-0.15, -0.1) is 0 Å². The van der Waals surface area contributed by atoms with Gasteiger partial charge in [-0.05, 0) is 48.6 Å². The maximum absolute atomic E-state index is 12.6. The normalized spacial score (nSPS) is 11.2. The lowest BCUT2D eigenvalue weighted by Gasteiger charge is -2.06. The van der Waals surface area contributed by atoms with Gasteiger partial charge in [-0.1, -0.05) is 0 Å². The number of hydrogen-bond acceptors (Lipinski definition) is 7. The first-order chi connectivity index (χ1) is 14.6. The van der Waals surface area contributed by atoms with Crippen LogP contribution >= 0.6 is 0 Å². The van der Waals surface area contributed by atoms with Crippen molar-refractivity contribution in [2.45, 2.75) is 0 Å². The number of phenols is 6. The summed E-state index contributed by atoms with van der Waals surface area (Å²) in [6.07, 6.45) is 5.63. The molecule has 2 aromatic carbocycles. The average molecular weight is 461 g/mol. The maximum Gasteiger partial charge on any atom is 0.498 e. The van der Waals surface area contributed by atoms with Crippen LogP contribution in [0.1, 0.15) is 22.5 Å². The molecule has 0 radical (unpaired) electrons. The van der Waals surface area contributed by atoms with Gasteiger partial charge in [0.2, 0.25) is 0 Å². The maximum atomic E-state index is 12.6. The van der Waals surface area contributed by atoms with Crippen LogP contribution in [0.2, 0.25) is 0 Å². The Kier molecular flexibility index (Phi) is 7.06. The zero-order valence-corrected chi connectivity index (χ0v) is 17.8. The molecule has 0 unspecified atom stereocenters. The lowest BCUT2D eigenvalue weighted by Crippen LogP contribution is -3.00. The highest BCUT2D eigenvalue weighted by atomic mass is 35.5. The number of phenolic OH excluding ortho intramolecular Hbond substituents is 6. The van der Waals surface area contributed by atoms with E-state index in [2.05, 4.69) is 0 Å². The third kappa shape index (κ3) is 4.47. The SMILES string of the molecule is Cn1c(C=Cc2c(O)ccc(O)c2O)cc(C=Cc2c(O)ccc(O)c2O)[n+](C)c1=O.[Cl-]. The second-order valence-corrected chi connectivity index (χ2v) is 6.79. The van der Waals surface area contributed by atoms with E-state index in [9.17, 15) is 35.4 Å². The minimum Gasteiger partial charge on any atom is -1.00 e. The van der Waals surface area contributed by atoms with Crippen LogP contribution in [0.4, 0.5) is 0 Å². The fourth-order valence-electron chi connectivity index (χ4n) is 2.95. The molecule has 0 fully saturated rings. The van der Waals surface area contributed by atoms with E-state index in [1.807, 2.05) is 0 Å². The van der Waals surface area contributed by atoms with E-state index in [1.54, 1.807) is 6.07 Å². The first kappa shape index (κ1) is 24.2. The van der Waals surface area contributed by atoms with Gasteiger partial charge in [0, 0.05) is 6.07 Å². The van der Waals surface area contributed by atoms with Gasteiger partial charge < -0.3 is 43.0 Å². The molecule has 10 heteroatoms. The molecule has 168 valence electrons. The van der Waals surface area contributed by atoms with Crippen molar-refractivity contribution in [1.29, 1.82) is 0 Å². The Labute approximate surface area is 188 Å². The molecule has 9 nitrogen and oxygen atoms in total. The first-order valence-electron chi connectivity index (χ1n) is 9.05. The third-order valence-corrected chi connectivity index (χ3v) is 4.83. The Hall–Kier alpha value is -4.11. The topological polar surface area (TPSA) is 147 Å². The summed E-state index contributed by atoms with van der Waals surface area (Å²) < 4.78 is 2.65. The summed E-state index contributed by atoms with van der Waals surface area (Å²) in [4.78, 5) is 12.6. The van der Waals surface area contributed by atoms with Gasteiger partial charge >= 0.3 is 5.69 Å². The van der Waals surface area contributed by atoms with Crippen molar-refractivity contribution < 1.29 is 47.6 Å². The molecule has 0 atom stereocenters. The van der Waals surface area contributed by atoms with Crippen LogP contribution in [0.5, 0.6) is 34.5 Å². The van der Waals surface area contributed by atoms with Crippen LogP contribution in [-0.2, 0) is 14.1 Å². The summed E-state index contributed by atoms with van der Waals surface area (Å²) in [7, 11) is 3.06. The minimum absolute atomic E-state index is 0. The lowest BCUT2D eigenvalue weighted by atomic mass is 10.1. The van der Waals surface area contributed by atoms with E-state index < -0.39 is 28.7 Å². The van der Waals surface area contributed by atoms with Crippen LogP contribution in [0.3, 0.4) is 0 Å². The molecule has 1 heterocycles. The van der Waals surface area contributed by atoms with Gasteiger partial charge in [0.25, 0.3) is 0 Å². The quantitative estimate of drug-likeness (QED) is 0.163. The summed E-state index contributed by atoms with van der Waals surface area (Å²) >= 11 is 0. The van der Waals surface area contributed by atoms with Gasteiger partial charge in [-0.2, -0.15) is 13.9 Å². The molecule has 3 rings (SSSR count). The Morgan fingerprint density at radius 1 is 0.750 bits per heavy atom. The largest absolute Gasteiger partial charge is 1.00 e. The number of nitrogens with zero attached hydrogens (tertiary/aromatic N) is 2. The summed E-state index contributed by atoms with van der Waals surface area (Å²) in [6.45, 7) is 0. The number of aromatic nitrogens is 2. The second-order valence-electron chi connectivity index (χ2n) is 6.79. The summed E-state index contributed by atoms with van der Waals surface area (Å²) in [6, 6.07) is 6.36. The molecule has 0 bridgehead atoms. The standard InChI is InChI=1S/C22H20N2O7.ClH/c1-23-12(3-5-14-16(25)7-9-18(27)20(14)29)11-13(24(2)22(23)31)4-6-15-17(26)8-10-19(28)21(15)30;/h3-11H,1-2H3,(H5,25,26,27,28,29,30);1H. The predicted octanol–water partition coefficient (Wildman–Crippen LogP) is -1.21. The van der Waals surface area contributed by atoms with Crippen molar-refractivity contribution in [2.24, 2.45) is 14.1 Å². The lowest BCUT2D eigenvalue weighted by molar-refractivity contribution is -0.692. The highest BCUT2D eigenvalue weighted by Crippen LogP contribution is 2.37. The molecule has 1 aromatic heterocycles. The van der Waals surface area contributed by atoms with Crippen molar-refractivity contribution in [3.63, 3.8) is 0 Å². The van der Waals surface area contributed by atoms with E-state index in [1.165, 1.54) is 59.7 Å². The van der Waals surface area contributed by atoms with Crippen LogP contribution in [0, 0.1) is 0 Å². The Balaban J connectivity index is 0.00000363. The zero-order valence-electron chi connectivity index (χ0n) is 17.1. The molecule has 3 aromatic rings. The molecular weight excluding hydrogens is 440 g/mol. The molecule has 0 saturated heterocycles. The number of benzene rings is 2. The average Bonchev–Trinajstić information content (AvgIpc) is 2.74. The second kappa shape index (κ2) is 9.36. The minimum atomic E-state index is -0.502. The van der Waals surface area contributed by atoms with Gasteiger partial charge in [0.1, 0.15) is 22.9 Å². The molecular formula is C22H21ClN2O7. The highest BCUT2D eigenvalue weighted by molar-refractivity contribution is 5.78. The van der Waals surface area contributed by atoms with E-state index in [0.717, 1.165) is 12.1 Å². The highest BCUT2D eigenvalue weighted by Gasteiger charge is 2.15. The Morgan fingerprint density at radius 2 is 1.19 bits per heavy atom. The number of hydrogen-bond donors (Lipinski definition) is 6. The van der Waals surface area contributed by atoms with Gasteiger partial charge in [-0.25, -0.2) is 0 Å². The third-order valence-electron chi connectivity index (χ3n) is 4.83. The molecule has 0 aliphatic heterocycles. The van der Waals surface area contributed by atoms with Crippen molar-refractivity contribution in [1.82, 2.24) is 4.57 Å². The first-order valence-corrected chi connectivity index (χ1v) is 9.05. The van der Waals surface area contributed by atoms with Crippen molar-refractivity contribution in [3.8, 4) is 34.5 Å². The summed E-state index contributed by atoms with van der Waals surface area (Å²) in [5.41, 5.74) is 0.360. The summed E-state index contributed by atoms with van der Waals surface area (Å²) in [5.74, 6) is -2.32. The molecule has 0 spiro atoms. The molecule has 32 heavy (non-hydrogen) atoms. The van der Waals surface area contributed by atoms with E-state index in [4.69, 9.17) is 0 Å². The fraction of sp³-hybridized carbons (Fsp3) is 0.0909. The Morgan fingerprint density at radius 3 is 1.69 bits per heavy atom. The number of halogens is 1. The van der Waals surface area contributed by atoms with Crippen molar-refractivity contribution in [2.75, 3.05) is 0 Å². The van der Waals surface area contributed by atoms with Crippen LogP contribution < -0.4 is 22.7 Å². The molecule has 0 saturated carbocycles. The van der Waals surface area contributed by atoms with Crippen molar-refractivity contribution in [3.05, 3.63) is 63.3 Å². The van der Waals surface area contributed by atoms with Gasteiger partial charge in [0.05, 0.1) is 25.2 Å². The van der Waals surface area contributed by atoms with E-state index in [0.29, 0.717) is 11.4 Å². The molecule has 0 aliphatic carbocycles. The van der Waals surface area contributed by atoms with E-state index >= 15 is 0 Å². The van der Waals surface area contributed by atoms with Crippen LogP contribution in [0.15, 0.2) is 35.1 Å². The predicted molar refractivity (Wildman–Crippen MR) is 114 cm³/mol. The monoisotopic (exact) mass is 460 g/mol. The van der Waals surface area contributed by atoms with Gasteiger partial charge in [0.15, 0.2) is 23.0 Å². The molecule has 0 amide bonds. The zero-order chi connectivity index (χ0) is 22.9. The number of rotatable bonds is 4. The van der Waals surface area contributed by atoms with Crippen LogP contribution in [-0.4, -0.2) is 35.2 Å². The molecule has 0 aliphatic rings. The fourth-order valence-corrected chi connectivity index (χ4v) is 2.95. The smallest absolute Gasteiger partial charge is 0.498 e. The van der Waals surface area contributed by atoms with E-state index in [-0.39, 0.29) is 35.0 Å². The summed E-state index contributed by atoms with van der Waals surface area (Å²) in [5, 5.41) is 59.0. The van der Waals surface area contributed by atoms with Crippen LogP contribution in [0.25, 0.3) is 24.3 Å². The van der Waals surface area contributed by atoms with Crippen molar-refractivity contribution >= 4 is 24.3 Å². The number of aromatic hydroxyl groups is 6.